The van der Waals surface area contributed by atoms with E-state index in [1.807, 2.05) is 6.07 Å². The summed E-state index contributed by atoms with van der Waals surface area (Å²) in [4.78, 5) is 0. The van der Waals surface area contributed by atoms with E-state index in [0.717, 1.165) is 24.8 Å². The molecule has 2 heteroatoms. The Morgan fingerprint density at radius 3 is 2.78 bits per heavy atom. The lowest BCUT2D eigenvalue weighted by atomic mass is 9.82. The van der Waals surface area contributed by atoms with Crippen LogP contribution in [0.5, 0.6) is 5.75 Å². The van der Waals surface area contributed by atoms with Crippen LogP contribution in [0.3, 0.4) is 0 Å². The summed E-state index contributed by atoms with van der Waals surface area (Å²) in [5.74, 6) is 0.958. The topological polar surface area (TPSA) is 21.3 Å². The Morgan fingerprint density at radius 1 is 1.33 bits per heavy atom. The van der Waals surface area contributed by atoms with Crippen LogP contribution < -0.4 is 10.1 Å². The molecule has 0 bridgehead atoms. The Bertz CT molecular complexity index is 382. The van der Waals surface area contributed by atoms with Crippen molar-refractivity contribution in [1.82, 2.24) is 5.32 Å². The van der Waals surface area contributed by atoms with Gasteiger partial charge in [-0.25, -0.2) is 0 Å². The molecule has 0 spiro atoms. The smallest absolute Gasteiger partial charge is 0.119 e. The van der Waals surface area contributed by atoms with Gasteiger partial charge in [-0.15, -0.1) is 0 Å². The van der Waals surface area contributed by atoms with Crippen LogP contribution in [0.2, 0.25) is 0 Å². The number of hydrogen-bond donors (Lipinski definition) is 1. The number of ether oxygens (including phenoxy) is 1. The minimum absolute atomic E-state index is 0.342. The summed E-state index contributed by atoms with van der Waals surface area (Å²) in [6.07, 6.45) is 5.07. The van der Waals surface area contributed by atoms with E-state index < -0.39 is 0 Å². The molecule has 1 aliphatic carbocycles. The molecular formula is C16H25NO. The highest BCUT2D eigenvalue weighted by molar-refractivity contribution is 5.29. The van der Waals surface area contributed by atoms with E-state index in [-0.39, 0.29) is 0 Å². The summed E-state index contributed by atoms with van der Waals surface area (Å²) >= 11 is 0. The zero-order chi connectivity index (χ0) is 13.0. The van der Waals surface area contributed by atoms with Crippen LogP contribution in [0.15, 0.2) is 24.3 Å². The lowest BCUT2D eigenvalue weighted by molar-refractivity contribution is 0.324. The predicted octanol–water partition coefficient (Wildman–Crippen LogP) is 3.41. The largest absolute Gasteiger partial charge is 0.497 e. The fraction of sp³-hybridized carbons (Fsp3) is 0.625. The van der Waals surface area contributed by atoms with E-state index in [1.165, 1.54) is 24.8 Å². The lowest BCUT2D eigenvalue weighted by Crippen LogP contribution is -2.25. The van der Waals surface area contributed by atoms with Crippen LogP contribution >= 0.6 is 0 Å². The zero-order valence-corrected chi connectivity index (χ0v) is 11.8. The minimum atomic E-state index is 0.342. The van der Waals surface area contributed by atoms with Crippen molar-refractivity contribution in [3.8, 4) is 5.75 Å². The van der Waals surface area contributed by atoms with Gasteiger partial charge in [0.05, 0.1) is 7.11 Å². The third-order valence-electron chi connectivity index (χ3n) is 3.63. The fourth-order valence-corrected chi connectivity index (χ4v) is 2.33. The van der Waals surface area contributed by atoms with Crippen LogP contribution in [0, 0.1) is 5.41 Å². The second-order valence-corrected chi connectivity index (χ2v) is 6.17. The third kappa shape index (κ3) is 4.34. The molecule has 0 aliphatic heterocycles. The van der Waals surface area contributed by atoms with Gasteiger partial charge in [-0.1, -0.05) is 26.0 Å². The number of benzene rings is 1. The molecule has 0 aromatic heterocycles. The first-order chi connectivity index (χ1) is 8.59. The molecule has 0 amide bonds. The van der Waals surface area contributed by atoms with E-state index >= 15 is 0 Å². The van der Waals surface area contributed by atoms with Gasteiger partial charge in [0.15, 0.2) is 0 Å². The molecule has 2 nitrogen and oxygen atoms in total. The maximum atomic E-state index is 5.28. The Balaban J connectivity index is 1.84. The van der Waals surface area contributed by atoms with Crippen LogP contribution in [0.4, 0.5) is 0 Å². The summed E-state index contributed by atoms with van der Waals surface area (Å²) in [6.45, 7) is 5.84. The highest BCUT2D eigenvalue weighted by atomic mass is 16.5. The summed E-state index contributed by atoms with van der Waals surface area (Å²) in [7, 11) is 1.73. The van der Waals surface area contributed by atoms with Gasteiger partial charge in [0.2, 0.25) is 0 Å². The van der Waals surface area contributed by atoms with E-state index in [0.29, 0.717) is 5.41 Å². The van der Waals surface area contributed by atoms with E-state index in [4.69, 9.17) is 4.74 Å². The van der Waals surface area contributed by atoms with Crippen molar-refractivity contribution in [1.29, 1.82) is 0 Å². The van der Waals surface area contributed by atoms with Gasteiger partial charge in [-0.3, -0.25) is 0 Å². The van der Waals surface area contributed by atoms with Gasteiger partial charge < -0.3 is 10.1 Å². The molecule has 18 heavy (non-hydrogen) atoms. The minimum Gasteiger partial charge on any atom is -0.497 e. The molecule has 1 N–H and O–H groups in total. The van der Waals surface area contributed by atoms with Crippen LogP contribution in [-0.2, 0) is 6.42 Å². The molecule has 1 aromatic rings. The van der Waals surface area contributed by atoms with Crippen LogP contribution in [0.25, 0.3) is 0 Å². The van der Waals surface area contributed by atoms with Crippen molar-refractivity contribution in [3.05, 3.63) is 29.8 Å². The Hall–Kier alpha value is -1.02. The highest BCUT2D eigenvalue weighted by Crippen LogP contribution is 2.28. The second-order valence-electron chi connectivity index (χ2n) is 6.17. The molecular weight excluding hydrogens is 222 g/mol. The summed E-state index contributed by atoms with van der Waals surface area (Å²) < 4.78 is 5.28. The second kappa shape index (κ2) is 5.75. The zero-order valence-electron chi connectivity index (χ0n) is 11.8. The average molecular weight is 247 g/mol. The first-order valence-electron chi connectivity index (χ1n) is 6.95. The first kappa shape index (κ1) is 13.4. The van der Waals surface area contributed by atoms with Crippen molar-refractivity contribution < 1.29 is 4.74 Å². The van der Waals surface area contributed by atoms with Crippen LogP contribution in [0.1, 0.15) is 38.7 Å². The van der Waals surface area contributed by atoms with Gasteiger partial charge in [-0.05, 0) is 55.3 Å². The van der Waals surface area contributed by atoms with E-state index in [1.54, 1.807) is 7.11 Å². The number of rotatable bonds is 7. The SMILES string of the molecule is COc1cccc(CC(C)(C)CCNC2CC2)c1. The molecule has 0 atom stereocenters. The quantitative estimate of drug-likeness (QED) is 0.797. The molecule has 0 heterocycles. The van der Waals surface area contributed by atoms with E-state index in [2.05, 4.69) is 37.4 Å². The molecule has 0 unspecified atom stereocenters. The number of nitrogens with one attached hydrogen (secondary N) is 1. The maximum absolute atomic E-state index is 5.28. The van der Waals surface area contributed by atoms with Crippen molar-refractivity contribution in [2.45, 2.75) is 45.6 Å². The standard InChI is InChI=1S/C16H25NO/c1-16(2,9-10-17-14-7-8-14)12-13-5-4-6-15(11-13)18-3/h4-6,11,14,17H,7-10,12H2,1-3H3. The molecule has 100 valence electrons. The molecule has 1 fully saturated rings. The lowest BCUT2D eigenvalue weighted by Gasteiger charge is -2.25. The molecule has 1 aliphatic rings. The third-order valence-corrected chi connectivity index (χ3v) is 3.63. The molecule has 0 saturated heterocycles. The molecule has 0 radical (unpaired) electrons. The van der Waals surface area contributed by atoms with Gasteiger partial charge in [-0.2, -0.15) is 0 Å². The summed E-state index contributed by atoms with van der Waals surface area (Å²) in [6, 6.07) is 9.24. The van der Waals surface area contributed by atoms with E-state index in [9.17, 15) is 0 Å². The molecule has 1 saturated carbocycles. The van der Waals surface area contributed by atoms with Crippen LogP contribution in [-0.4, -0.2) is 19.7 Å². The first-order valence-corrected chi connectivity index (χ1v) is 6.95. The Morgan fingerprint density at radius 2 is 2.11 bits per heavy atom. The molecule has 2 rings (SSSR count). The summed E-state index contributed by atoms with van der Waals surface area (Å²) in [5.41, 5.74) is 1.71. The average Bonchev–Trinajstić information content (AvgIpc) is 3.12. The Labute approximate surface area is 111 Å². The molecule has 1 aromatic carbocycles. The summed E-state index contributed by atoms with van der Waals surface area (Å²) in [5, 5.41) is 3.60. The number of hydrogen-bond acceptors (Lipinski definition) is 2. The monoisotopic (exact) mass is 247 g/mol. The van der Waals surface area contributed by atoms with Crippen molar-refractivity contribution >= 4 is 0 Å². The highest BCUT2D eigenvalue weighted by Gasteiger charge is 2.23. The number of methoxy groups -OCH3 is 1. The Kier molecular flexibility index (Phi) is 4.28. The maximum Gasteiger partial charge on any atom is 0.119 e. The van der Waals surface area contributed by atoms with Gasteiger partial charge >= 0.3 is 0 Å². The van der Waals surface area contributed by atoms with Gasteiger partial charge in [0, 0.05) is 6.04 Å². The predicted molar refractivity (Wildman–Crippen MR) is 76.1 cm³/mol. The van der Waals surface area contributed by atoms with Gasteiger partial charge in [0.1, 0.15) is 5.75 Å². The van der Waals surface area contributed by atoms with Crippen molar-refractivity contribution in [2.75, 3.05) is 13.7 Å². The van der Waals surface area contributed by atoms with Crippen molar-refractivity contribution in [2.24, 2.45) is 5.41 Å². The van der Waals surface area contributed by atoms with Gasteiger partial charge in [0.25, 0.3) is 0 Å². The van der Waals surface area contributed by atoms with Crippen molar-refractivity contribution in [3.63, 3.8) is 0 Å². The normalized spacial score (nSPS) is 15.7. The fourth-order valence-electron chi connectivity index (χ4n) is 2.33.